The van der Waals surface area contributed by atoms with Crippen molar-refractivity contribution in [2.75, 3.05) is 0 Å². The molecule has 0 radical (unpaired) electrons. The molecule has 2 aromatic carbocycles. The summed E-state index contributed by atoms with van der Waals surface area (Å²) in [5.74, 6) is 2.58. The van der Waals surface area contributed by atoms with Crippen LogP contribution in [0.1, 0.15) is 76.2 Å². The van der Waals surface area contributed by atoms with Gasteiger partial charge in [0.05, 0.1) is 0 Å². The molecule has 0 saturated heterocycles. The van der Waals surface area contributed by atoms with E-state index in [1.54, 1.807) is 18.2 Å². The predicted octanol–water partition coefficient (Wildman–Crippen LogP) is 8.12. The van der Waals surface area contributed by atoms with Crippen LogP contribution in [-0.4, -0.2) is 0 Å². The standard InChI is InChI=1S/C26H32F2/c1-2-3-5-18-8-9-20-15-21(11-10-19(20)14-18)22-12-13-25(26(28)17-22)23-6-4-7-24(27)16-23/h4,6-7,12-13,16-21H,2-3,5,8-11,14-15H2,1H3. The van der Waals surface area contributed by atoms with E-state index in [1.165, 1.54) is 69.9 Å². The second-order valence-corrected chi connectivity index (χ2v) is 9.10. The summed E-state index contributed by atoms with van der Waals surface area (Å²) in [5, 5.41) is 0. The van der Waals surface area contributed by atoms with E-state index in [-0.39, 0.29) is 11.6 Å². The molecule has 2 heteroatoms. The lowest BCUT2D eigenvalue weighted by atomic mass is 9.63. The first-order valence-corrected chi connectivity index (χ1v) is 11.2. The van der Waals surface area contributed by atoms with Crippen molar-refractivity contribution in [3.8, 4) is 11.1 Å². The Labute approximate surface area is 168 Å². The maximum atomic E-state index is 14.8. The molecule has 0 nitrogen and oxygen atoms in total. The Bertz CT molecular complexity index is 797. The van der Waals surface area contributed by atoms with Crippen molar-refractivity contribution in [1.29, 1.82) is 0 Å². The molecule has 2 aliphatic rings. The monoisotopic (exact) mass is 382 g/mol. The third-order valence-corrected chi connectivity index (χ3v) is 7.29. The van der Waals surface area contributed by atoms with Gasteiger partial charge in [0.15, 0.2) is 0 Å². The Morgan fingerprint density at radius 2 is 1.71 bits per heavy atom. The lowest BCUT2D eigenvalue weighted by Gasteiger charge is -2.42. The van der Waals surface area contributed by atoms with Gasteiger partial charge in [-0.3, -0.25) is 0 Å². The summed E-state index contributed by atoms with van der Waals surface area (Å²) in [5.41, 5.74) is 2.23. The number of hydrogen-bond acceptors (Lipinski definition) is 0. The van der Waals surface area contributed by atoms with E-state index in [0.717, 1.165) is 23.3 Å². The molecule has 4 unspecified atom stereocenters. The Morgan fingerprint density at radius 3 is 2.50 bits per heavy atom. The van der Waals surface area contributed by atoms with Crippen molar-refractivity contribution in [2.45, 2.75) is 70.6 Å². The minimum atomic E-state index is -0.325. The van der Waals surface area contributed by atoms with E-state index in [2.05, 4.69) is 13.0 Å². The summed E-state index contributed by atoms with van der Waals surface area (Å²) >= 11 is 0. The van der Waals surface area contributed by atoms with Crippen LogP contribution < -0.4 is 0 Å². The fourth-order valence-electron chi connectivity index (χ4n) is 5.72. The van der Waals surface area contributed by atoms with Crippen LogP contribution in [0.25, 0.3) is 11.1 Å². The van der Waals surface area contributed by atoms with Gasteiger partial charge in [0.25, 0.3) is 0 Å². The van der Waals surface area contributed by atoms with Crippen molar-refractivity contribution >= 4 is 0 Å². The van der Waals surface area contributed by atoms with Crippen molar-refractivity contribution in [2.24, 2.45) is 17.8 Å². The smallest absolute Gasteiger partial charge is 0.131 e. The molecule has 2 aromatic rings. The largest absolute Gasteiger partial charge is 0.207 e. The van der Waals surface area contributed by atoms with Crippen molar-refractivity contribution in [3.05, 3.63) is 59.7 Å². The van der Waals surface area contributed by atoms with Gasteiger partial charge < -0.3 is 0 Å². The molecule has 0 aromatic heterocycles. The molecule has 0 spiro atoms. The lowest BCUT2D eigenvalue weighted by Crippen LogP contribution is -2.30. The van der Waals surface area contributed by atoms with Gasteiger partial charge in [-0.2, -0.15) is 0 Å². The molecule has 2 saturated carbocycles. The van der Waals surface area contributed by atoms with Gasteiger partial charge in [-0.15, -0.1) is 0 Å². The zero-order valence-electron chi connectivity index (χ0n) is 17.0. The summed E-state index contributed by atoms with van der Waals surface area (Å²) in [6.45, 7) is 2.29. The van der Waals surface area contributed by atoms with E-state index in [4.69, 9.17) is 0 Å². The molecule has 150 valence electrons. The van der Waals surface area contributed by atoms with Crippen LogP contribution in [0.4, 0.5) is 8.78 Å². The Hall–Kier alpha value is -1.70. The number of hydrogen-bond donors (Lipinski definition) is 0. The van der Waals surface area contributed by atoms with Gasteiger partial charge in [-0.05, 0) is 85.1 Å². The second kappa shape index (κ2) is 8.76. The van der Waals surface area contributed by atoms with E-state index in [0.29, 0.717) is 17.0 Å². The summed E-state index contributed by atoms with van der Waals surface area (Å²) < 4.78 is 28.3. The fourth-order valence-corrected chi connectivity index (χ4v) is 5.72. The molecule has 0 heterocycles. The minimum Gasteiger partial charge on any atom is -0.207 e. The van der Waals surface area contributed by atoms with Crippen LogP contribution in [-0.2, 0) is 0 Å². The molecule has 0 N–H and O–H groups in total. The molecule has 4 rings (SSSR count). The molecule has 2 aliphatic carbocycles. The van der Waals surface area contributed by atoms with Gasteiger partial charge in [0.1, 0.15) is 11.6 Å². The Balaban J connectivity index is 1.43. The first-order valence-electron chi connectivity index (χ1n) is 11.2. The normalized spacial score (nSPS) is 27.4. The maximum Gasteiger partial charge on any atom is 0.131 e. The van der Waals surface area contributed by atoms with Gasteiger partial charge in [0.2, 0.25) is 0 Å². The van der Waals surface area contributed by atoms with Gasteiger partial charge in [-0.25, -0.2) is 8.78 Å². The number of benzene rings is 2. The van der Waals surface area contributed by atoms with E-state index in [1.807, 2.05) is 6.07 Å². The van der Waals surface area contributed by atoms with Gasteiger partial charge in [-0.1, -0.05) is 56.9 Å². The highest BCUT2D eigenvalue weighted by molar-refractivity contribution is 5.64. The van der Waals surface area contributed by atoms with Crippen LogP contribution in [0.15, 0.2) is 42.5 Å². The topological polar surface area (TPSA) is 0 Å². The minimum absolute atomic E-state index is 0.228. The van der Waals surface area contributed by atoms with E-state index in [9.17, 15) is 8.78 Å². The highest BCUT2D eigenvalue weighted by atomic mass is 19.1. The first kappa shape index (κ1) is 19.6. The predicted molar refractivity (Wildman–Crippen MR) is 112 cm³/mol. The molecule has 28 heavy (non-hydrogen) atoms. The van der Waals surface area contributed by atoms with E-state index >= 15 is 0 Å². The third-order valence-electron chi connectivity index (χ3n) is 7.29. The van der Waals surface area contributed by atoms with Crippen molar-refractivity contribution < 1.29 is 8.78 Å². The zero-order chi connectivity index (χ0) is 19.5. The summed E-state index contributed by atoms with van der Waals surface area (Å²) in [6, 6.07) is 11.8. The highest BCUT2D eigenvalue weighted by Gasteiger charge is 2.35. The molecule has 2 fully saturated rings. The molecular weight excluding hydrogens is 350 g/mol. The second-order valence-electron chi connectivity index (χ2n) is 9.10. The highest BCUT2D eigenvalue weighted by Crippen LogP contribution is 2.48. The summed E-state index contributed by atoms with van der Waals surface area (Å²) in [7, 11) is 0. The molecule has 0 aliphatic heterocycles. The molecule has 0 bridgehead atoms. The van der Waals surface area contributed by atoms with E-state index < -0.39 is 0 Å². The van der Waals surface area contributed by atoms with Crippen LogP contribution in [0, 0.1) is 29.4 Å². The van der Waals surface area contributed by atoms with Crippen LogP contribution >= 0.6 is 0 Å². The molecule has 4 atom stereocenters. The lowest BCUT2D eigenvalue weighted by molar-refractivity contribution is 0.113. The Kier molecular flexibility index (Phi) is 6.13. The van der Waals surface area contributed by atoms with Crippen LogP contribution in [0.2, 0.25) is 0 Å². The zero-order valence-corrected chi connectivity index (χ0v) is 17.0. The van der Waals surface area contributed by atoms with Gasteiger partial charge in [0, 0.05) is 5.56 Å². The quantitative estimate of drug-likeness (QED) is 0.490. The summed E-state index contributed by atoms with van der Waals surface area (Å²) in [4.78, 5) is 0. The number of unbranched alkanes of at least 4 members (excludes halogenated alkanes) is 1. The average molecular weight is 383 g/mol. The van der Waals surface area contributed by atoms with Crippen molar-refractivity contribution in [1.82, 2.24) is 0 Å². The number of rotatable bonds is 5. The van der Waals surface area contributed by atoms with Gasteiger partial charge >= 0.3 is 0 Å². The first-order chi connectivity index (χ1) is 13.6. The third kappa shape index (κ3) is 4.31. The van der Waals surface area contributed by atoms with Crippen LogP contribution in [0.5, 0.6) is 0 Å². The molecular formula is C26H32F2. The average Bonchev–Trinajstić information content (AvgIpc) is 2.71. The summed E-state index contributed by atoms with van der Waals surface area (Å²) in [6.07, 6.45) is 12.0. The number of fused-ring (bicyclic) bond motifs is 1. The fraction of sp³-hybridized carbons (Fsp3) is 0.538. The Morgan fingerprint density at radius 1 is 0.893 bits per heavy atom. The molecule has 0 amide bonds. The van der Waals surface area contributed by atoms with Crippen molar-refractivity contribution in [3.63, 3.8) is 0 Å². The SMILES string of the molecule is CCCCC1CCC2CC(c3ccc(-c4cccc(F)c4)c(F)c3)CCC2C1. The maximum absolute atomic E-state index is 14.8. The van der Waals surface area contributed by atoms with Crippen LogP contribution in [0.3, 0.4) is 0 Å². The number of halogens is 2.